The van der Waals surface area contributed by atoms with E-state index in [1.165, 1.54) is 5.56 Å². The van der Waals surface area contributed by atoms with Crippen molar-refractivity contribution in [1.82, 2.24) is 4.98 Å². The zero-order chi connectivity index (χ0) is 13.7. The van der Waals surface area contributed by atoms with E-state index in [4.69, 9.17) is 11.0 Å². The number of benzene rings is 1. The summed E-state index contributed by atoms with van der Waals surface area (Å²) in [5.41, 5.74) is 9.32. The van der Waals surface area contributed by atoms with Gasteiger partial charge in [-0.25, -0.2) is 0 Å². The molecular weight excluding hydrogens is 236 g/mol. The van der Waals surface area contributed by atoms with Gasteiger partial charge >= 0.3 is 0 Å². The highest BCUT2D eigenvalue weighted by Gasteiger charge is 2.06. The Bertz CT molecular complexity index is 587. The van der Waals surface area contributed by atoms with Crippen molar-refractivity contribution >= 4 is 11.4 Å². The molecular formula is C15H16N4. The third-order valence-corrected chi connectivity index (χ3v) is 3.03. The standard InChI is InChI=1S/C15H16N4/c1-19(8-6-12-3-2-7-18-11-12)15-5-4-13(10-16)9-14(15)17/h2-5,7,9,11H,6,8,17H2,1H3. The van der Waals surface area contributed by atoms with E-state index in [0.717, 1.165) is 18.7 Å². The second-order valence-corrected chi connectivity index (χ2v) is 4.42. The second-order valence-electron chi connectivity index (χ2n) is 4.42. The smallest absolute Gasteiger partial charge is 0.0992 e. The first-order valence-electron chi connectivity index (χ1n) is 6.10. The Kier molecular flexibility index (Phi) is 3.99. The lowest BCUT2D eigenvalue weighted by molar-refractivity contribution is 0.873. The highest BCUT2D eigenvalue weighted by molar-refractivity contribution is 5.69. The number of anilines is 2. The average Bonchev–Trinajstić information content (AvgIpc) is 2.45. The summed E-state index contributed by atoms with van der Waals surface area (Å²) in [5, 5.41) is 8.82. The molecule has 0 amide bonds. The summed E-state index contributed by atoms with van der Waals surface area (Å²) in [4.78, 5) is 6.18. The number of nitrogens with zero attached hydrogens (tertiary/aromatic N) is 3. The molecule has 4 heteroatoms. The molecule has 1 heterocycles. The third-order valence-electron chi connectivity index (χ3n) is 3.03. The van der Waals surface area contributed by atoms with Crippen LogP contribution in [0.2, 0.25) is 0 Å². The molecule has 0 aliphatic rings. The molecule has 19 heavy (non-hydrogen) atoms. The first kappa shape index (κ1) is 12.9. The second kappa shape index (κ2) is 5.87. The Balaban J connectivity index is 2.04. The van der Waals surface area contributed by atoms with Crippen LogP contribution in [0, 0.1) is 11.3 Å². The van der Waals surface area contributed by atoms with Crippen molar-refractivity contribution in [1.29, 1.82) is 5.26 Å². The Morgan fingerprint density at radius 2 is 2.21 bits per heavy atom. The van der Waals surface area contributed by atoms with Gasteiger partial charge in [0.1, 0.15) is 0 Å². The van der Waals surface area contributed by atoms with E-state index in [1.54, 1.807) is 18.3 Å². The van der Waals surface area contributed by atoms with Crippen LogP contribution in [-0.2, 0) is 6.42 Å². The Morgan fingerprint density at radius 1 is 1.37 bits per heavy atom. The maximum absolute atomic E-state index is 8.82. The van der Waals surface area contributed by atoms with Crippen molar-refractivity contribution in [3.8, 4) is 6.07 Å². The van der Waals surface area contributed by atoms with Gasteiger partial charge < -0.3 is 10.6 Å². The van der Waals surface area contributed by atoms with E-state index in [9.17, 15) is 0 Å². The molecule has 0 bridgehead atoms. The molecule has 2 N–H and O–H groups in total. The fourth-order valence-corrected chi connectivity index (χ4v) is 1.93. The molecule has 0 saturated carbocycles. The summed E-state index contributed by atoms with van der Waals surface area (Å²) in [5.74, 6) is 0. The fourth-order valence-electron chi connectivity index (χ4n) is 1.93. The first-order valence-corrected chi connectivity index (χ1v) is 6.10. The molecule has 0 atom stereocenters. The monoisotopic (exact) mass is 252 g/mol. The number of aromatic nitrogens is 1. The van der Waals surface area contributed by atoms with Gasteiger partial charge in [-0.15, -0.1) is 0 Å². The summed E-state index contributed by atoms with van der Waals surface area (Å²) >= 11 is 0. The molecule has 1 aromatic carbocycles. The van der Waals surface area contributed by atoms with Gasteiger partial charge in [-0.05, 0) is 36.2 Å². The van der Waals surface area contributed by atoms with Crippen LogP contribution < -0.4 is 10.6 Å². The maximum Gasteiger partial charge on any atom is 0.0992 e. The van der Waals surface area contributed by atoms with Gasteiger partial charge in [0.05, 0.1) is 23.0 Å². The van der Waals surface area contributed by atoms with E-state index in [1.807, 2.05) is 25.4 Å². The highest BCUT2D eigenvalue weighted by Crippen LogP contribution is 2.23. The quantitative estimate of drug-likeness (QED) is 0.847. The minimum atomic E-state index is 0.585. The molecule has 0 saturated heterocycles. The van der Waals surface area contributed by atoms with Gasteiger partial charge in [-0.1, -0.05) is 6.07 Å². The molecule has 4 nitrogen and oxygen atoms in total. The average molecular weight is 252 g/mol. The van der Waals surface area contributed by atoms with E-state index in [-0.39, 0.29) is 0 Å². The molecule has 2 aromatic rings. The molecule has 0 aliphatic heterocycles. The first-order chi connectivity index (χ1) is 9.20. The molecule has 2 rings (SSSR count). The van der Waals surface area contributed by atoms with Crippen molar-refractivity contribution in [3.63, 3.8) is 0 Å². The fraction of sp³-hybridized carbons (Fsp3) is 0.200. The number of rotatable bonds is 4. The number of likely N-dealkylation sites (N-methyl/N-ethyl adjacent to an activating group) is 1. The van der Waals surface area contributed by atoms with Crippen LogP contribution in [0.25, 0.3) is 0 Å². The minimum Gasteiger partial charge on any atom is -0.397 e. The lowest BCUT2D eigenvalue weighted by Crippen LogP contribution is -2.21. The van der Waals surface area contributed by atoms with Crippen LogP contribution >= 0.6 is 0 Å². The zero-order valence-electron chi connectivity index (χ0n) is 10.9. The van der Waals surface area contributed by atoms with Gasteiger partial charge in [-0.3, -0.25) is 4.98 Å². The van der Waals surface area contributed by atoms with Crippen molar-refractivity contribution in [2.45, 2.75) is 6.42 Å². The summed E-state index contributed by atoms with van der Waals surface area (Å²) in [6, 6.07) is 11.5. The predicted octanol–water partition coefficient (Wildman–Crippen LogP) is 2.21. The summed E-state index contributed by atoms with van der Waals surface area (Å²) < 4.78 is 0. The van der Waals surface area contributed by atoms with Crippen molar-refractivity contribution in [3.05, 3.63) is 53.9 Å². The SMILES string of the molecule is CN(CCc1cccnc1)c1ccc(C#N)cc1N. The number of hydrogen-bond acceptors (Lipinski definition) is 4. The van der Waals surface area contributed by atoms with Crippen LogP contribution in [0.15, 0.2) is 42.7 Å². The zero-order valence-corrected chi connectivity index (χ0v) is 10.9. The lowest BCUT2D eigenvalue weighted by Gasteiger charge is -2.21. The van der Waals surface area contributed by atoms with Gasteiger partial charge in [0.15, 0.2) is 0 Å². The molecule has 0 fully saturated rings. The normalized spacial score (nSPS) is 9.89. The largest absolute Gasteiger partial charge is 0.397 e. The van der Waals surface area contributed by atoms with Crippen LogP contribution in [0.5, 0.6) is 0 Å². The number of nitrogen functional groups attached to an aromatic ring is 1. The van der Waals surface area contributed by atoms with Crippen molar-refractivity contribution in [2.75, 3.05) is 24.2 Å². The van der Waals surface area contributed by atoms with Crippen LogP contribution in [0.4, 0.5) is 11.4 Å². The molecule has 0 aliphatic carbocycles. The Morgan fingerprint density at radius 3 is 2.84 bits per heavy atom. The number of nitriles is 1. The molecule has 0 spiro atoms. The Labute approximate surface area is 113 Å². The van der Waals surface area contributed by atoms with E-state index in [2.05, 4.69) is 22.0 Å². The van der Waals surface area contributed by atoms with E-state index >= 15 is 0 Å². The molecule has 1 aromatic heterocycles. The Hall–Kier alpha value is -2.54. The molecule has 96 valence electrons. The molecule has 0 unspecified atom stereocenters. The lowest BCUT2D eigenvalue weighted by atomic mass is 10.1. The number of pyridine rings is 1. The maximum atomic E-state index is 8.82. The van der Waals surface area contributed by atoms with Crippen LogP contribution in [-0.4, -0.2) is 18.6 Å². The summed E-state index contributed by atoms with van der Waals surface area (Å²) in [7, 11) is 1.99. The summed E-state index contributed by atoms with van der Waals surface area (Å²) in [6.45, 7) is 0.849. The molecule has 0 radical (unpaired) electrons. The number of hydrogen-bond donors (Lipinski definition) is 1. The summed E-state index contributed by atoms with van der Waals surface area (Å²) in [6.07, 6.45) is 4.55. The van der Waals surface area contributed by atoms with Gasteiger partial charge in [0.2, 0.25) is 0 Å². The van der Waals surface area contributed by atoms with Crippen molar-refractivity contribution < 1.29 is 0 Å². The predicted molar refractivity (Wildman–Crippen MR) is 76.8 cm³/mol. The minimum absolute atomic E-state index is 0.585. The van der Waals surface area contributed by atoms with Crippen LogP contribution in [0.1, 0.15) is 11.1 Å². The van der Waals surface area contributed by atoms with E-state index < -0.39 is 0 Å². The van der Waals surface area contributed by atoms with E-state index in [0.29, 0.717) is 11.3 Å². The van der Waals surface area contributed by atoms with Gasteiger partial charge in [-0.2, -0.15) is 5.26 Å². The topological polar surface area (TPSA) is 65.9 Å². The third kappa shape index (κ3) is 3.23. The van der Waals surface area contributed by atoms with Crippen LogP contribution in [0.3, 0.4) is 0 Å². The highest BCUT2D eigenvalue weighted by atomic mass is 15.1. The van der Waals surface area contributed by atoms with Crippen molar-refractivity contribution in [2.24, 2.45) is 0 Å². The van der Waals surface area contributed by atoms with Gasteiger partial charge in [0, 0.05) is 26.0 Å². The number of nitrogens with two attached hydrogens (primary N) is 1. The van der Waals surface area contributed by atoms with Gasteiger partial charge in [0.25, 0.3) is 0 Å².